The lowest BCUT2D eigenvalue weighted by molar-refractivity contribution is 0.0758. The lowest BCUT2D eigenvalue weighted by Gasteiger charge is -2.19. The van der Waals surface area contributed by atoms with E-state index in [4.69, 9.17) is 5.73 Å². The Morgan fingerprint density at radius 2 is 2.21 bits per heavy atom. The minimum atomic E-state index is 0.100. The Kier molecular flexibility index (Phi) is 2.97. The number of thiophene rings is 1. The summed E-state index contributed by atoms with van der Waals surface area (Å²) in [6.07, 6.45) is 2.26. The number of aryl methyl sites for hydroxylation is 1. The molecule has 0 bridgehead atoms. The third kappa shape index (κ3) is 2.00. The molecule has 3 rings (SSSR count). The van der Waals surface area contributed by atoms with Crippen LogP contribution in [0.15, 0.2) is 18.2 Å². The highest BCUT2D eigenvalue weighted by molar-refractivity contribution is 7.21. The van der Waals surface area contributed by atoms with Gasteiger partial charge in [0.05, 0.1) is 5.69 Å². The van der Waals surface area contributed by atoms with Crippen LogP contribution in [0.4, 0.5) is 5.69 Å². The van der Waals surface area contributed by atoms with Gasteiger partial charge in [0, 0.05) is 22.7 Å². The average molecular weight is 274 g/mol. The summed E-state index contributed by atoms with van der Waals surface area (Å²) in [7, 11) is 0. The zero-order chi connectivity index (χ0) is 13.6. The van der Waals surface area contributed by atoms with Gasteiger partial charge in [-0.2, -0.15) is 0 Å². The lowest BCUT2D eigenvalue weighted by atomic mass is 10.1. The molecule has 1 aliphatic carbocycles. The number of nitrogens with two attached hydrogens (primary N) is 1. The second-order valence-electron chi connectivity index (χ2n) is 5.12. The fourth-order valence-corrected chi connectivity index (χ4v) is 3.67. The topological polar surface area (TPSA) is 46.3 Å². The second kappa shape index (κ2) is 4.53. The summed E-state index contributed by atoms with van der Waals surface area (Å²) in [5.41, 5.74) is 8.01. The summed E-state index contributed by atoms with van der Waals surface area (Å²) >= 11 is 1.53. The van der Waals surface area contributed by atoms with E-state index >= 15 is 0 Å². The van der Waals surface area contributed by atoms with Crippen LogP contribution >= 0.6 is 11.3 Å². The highest BCUT2D eigenvalue weighted by Crippen LogP contribution is 2.38. The maximum Gasteiger partial charge on any atom is 0.266 e. The minimum Gasteiger partial charge on any atom is -0.397 e. The first-order valence-corrected chi connectivity index (χ1v) is 7.53. The third-order valence-corrected chi connectivity index (χ3v) is 5.08. The van der Waals surface area contributed by atoms with E-state index in [1.165, 1.54) is 16.9 Å². The van der Waals surface area contributed by atoms with Crippen molar-refractivity contribution in [2.24, 2.45) is 0 Å². The zero-order valence-electron chi connectivity index (χ0n) is 11.3. The molecule has 0 unspecified atom stereocenters. The molecule has 0 aliphatic heterocycles. The van der Waals surface area contributed by atoms with Crippen molar-refractivity contribution >= 4 is 33.0 Å². The van der Waals surface area contributed by atoms with Crippen molar-refractivity contribution in [2.75, 3.05) is 12.3 Å². The van der Waals surface area contributed by atoms with Gasteiger partial charge < -0.3 is 10.6 Å². The molecule has 1 aromatic carbocycles. The number of carbonyl (C=O) groups is 1. The van der Waals surface area contributed by atoms with Crippen LogP contribution in [0.25, 0.3) is 10.1 Å². The van der Waals surface area contributed by atoms with Crippen LogP contribution in [-0.2, 0) is 0 Å². The first-order chi connectivity index (χ1) is 9.13. The predicted molar refractivity (Wildman–Crippen MR) is 80.7 cm³/mol. The van der Waals surface area contributed by atoms with Gasteiger partial charge in [-0.05, 0) is 32.3 Å². The normalized spacial score (nSPS) is 14.8. The summed E-state index contributed by atoms with van der Waals surface area (Å²) in [5.74, 6) is 0.100. The van der Waals surface area contributed by atoms with Crippen LogP contribution in [0.3, 0.4) is 0 Å². The molecule has 0 saturated heterocycles. The number of benzene rings is 1. The Labute approximate surface area is 117 Å². The fraction of sp³-hybridized carbons (Fsp3) is 0.400. The van der Waals surface area contributed by atoms with E-state index in [0.717, 1.165) is 29.5 Å². The number of fused-ring (bicyclic) bond motifs is 1. The van der Waals surface area contributed by atoms with Gasteiger partial charge in [-0.25, -0.2) is 0 Å². The molecule has 19 heavy (non-hydrogen) atoms. The molecule has 3 nitrogen and oxygen atoms in total. The van der Waals surface area contributed by atoms with Crippen molar-refractivity contribution in [2.45, 2.75) is 32.7 Å². The predicted octanol–water partition coefficient (Wildman–Crippen LogP) is 3.42. The fourth-order valence-electron chi connectivity index (χ4n) is 2.52. The van der Waals surface area contributed by atoms with Crippen LogP contribution in [0.2, 0.25) is 0 Å². The van der Waals surface area contributed by atoms with Crippen molar-refractivity contribution in [1.29, 1.82) is 0 Å². The van der Waals surface area contributed by atoms with Gasteiger partial charge in [0.1, 0.15) is 4.88 Å². The van der Waals surface area contributed by atoms with Crippen LogP contribution < -0.4 is 5.73 Å². The van der Waals surface area contributed by atoms with Gasteiger partial charge >= 0.3 is 0 Å². The number of anilines is 1. The van der Waals surface area contributed by atoms with Crippen molar-refractivity contribution in [3.8, 4) is 0 Å². The van der Waals surface area contributed by atoms with Gasteiger partial charge in [-0.3, -0.25) is 4.79 Å². The van der Waals surface area contributed by atoms with Crippen molar-refractivity contribution in [3.05, 3.63) is 28.6 Å². The Morgan fingerprint density at radius 1 is 1.47 bits per heavy atom. The number of hydrogen-bond donors (Lipinski definition) is 1. The molecule has 100 valence electrons. The number of nitrogen functional groups attached to an aromatic ring is 1. The molecule has 1 saturated carbocycles. The standard InChI is InChI=1S/C15H18N2OS/c1-3-17(10-7-8-10)15(18)14-12(16)11-6-4-5-9(2)13(11)19-14/h4-6,10H,3,7-8,16H2,1-2H3. The van der Waals surface area contributed by atoms with Crippen LogP contribution in [0.1, 0.15) is 35.0 Å². The highest BCUT2D eigenvalue weighted by Gasteiger charge is 2.33. The highest BCUT2D eigenvalue weighted by atomic mass is 32.1. The molecule has 1 fully saturated rings. The summed E-state index contributed by atoms with van der Waals surface area (Å²) < 4.78 is 1.13. The number of hydrogen-bond acceptors (Lipinski definition) is 3. The maximum atomic E-state index is 12.6. The Hall–Kier alpha value is -1.55. The molecule has 0 atom stereocenters. The van der Waals surface area contributed by atoms with E-state index < -0.39 is 0 Å². The van der Waals surface area contributed by atoms with Gasteiger partial charge in [0.25, 0.3) is 5.91 Å². The van der Waals surface area contributed by atoms with E-state index in [1.54, 1.807) is 0 Å². The quantitative estimate of drug-likeness (QED) is 0.932. The first-order valence-electron chi connectivity index (χ1n) is 6.72. The van der Waals surface area contributed by atoms with Gasteiger partial charge in [-0.15, -0.1) is 11.3 Å². The lowest BCUT2D eigenvalue weighted by Crippen LogP contribution is -2.32. The summed E-state index contributed by atoms with van der Waals surface area (Å²) in [6.45, 7) is 4.85. The average Bonchev–Trinajstić information content (AvgIpc) is 3.16. The molecule has 1 amide bonds. The number of rotatable bonds is 3. The summed E-state index contributed by atoms with van der Waals surface area (Å²) in [5, 5.41) is 1.01. The van der Waals surface area contributed by atoms with E-state index in [2.05, 4.69) is 13.0 Å². The van der Waals surface area contributed by atoms with Gasteiger partial charge in [0.15, 0.2) is 0 Å². The Morgan fingerprint density at radius 3 is 2.79 bits per heavy atom. The molecule has 1 aliphatic rings. The number of nitrogens with zero attached hydrogens (tertiary/aromatic N) is 1. The van der Waals surface area contributed by atoms with E-state index in [0.29, 0.717) is 16.6 Å². The maximum absolute atomic E-state index is 12.6. The van der Waals surface area contributed by atoms with Crippen molar-refractivity contribution < 1.29 is 4.79 Å². The summed E-state index contributed by atoms with van der Waals surface area (Å²) in [6, 6.07) is 6.49. The first kappa shape index (κ1) is 12.5. The minimum absolute atomic E-state index is 0.100. The van der Waals surface area contributed by atoms with Crippen LogP contribution in [-0.4, -0.2) is 23.4 Å². The van der Waals surface area contributed by atoms with E-state index in [-0.39, 0.29) is 5.91 Å². The van der Waals surface area contributed by atoms with Crippen molar-refractivity contribution in [1.82, 2.24) is 4.90 Å². The SMILES string of the molecule is CCN(C(=O)c1sc2c(C)cccc2c1N)C1CC1. The molecule has 0 radical (unpaired) electrons. The Bertz CT molecular complexity index is 643. The summed E-state index contributed by atoms with van der Waals surface area (Å²) in [4.78, 5) is 15.3. The third-order valence-electron chi connectivity index (χ3n) is 3.73. The largest absolute Gasteiger partial charge is 0.397 e. The second-order valence-corrected chi connectivity index (χ2v) is 6.14. The van der Waals surface area contributed by atoms with Crippen LogP contribution in [0.5, 0.6) is 0 Å². The molecule has 2 N–H and O–H groups in total. The number of amides is 1. The monoisotopic (exact) mass is 274 g/mol. The van der Waals surface area contributed by atoms with Gasteiger partial charge in [0.2, 0.25) is 0 Å². The molecule has 1 aromatic heterocycles. The van der Waals surface area contributed by atoms with E-state index in [9.17, 15) is 4.79 Å². The number of carbonyl (C=O) groups excluding carboxylic acids is 1. The smallest absolute Gasteiger partial charge is 0.266 e. The van der Waals surface area contributed by atoms with Crippen molar-refractivity contribution in [3.63, 3.8) is 0 Å². The van der Waals surface area contributed by atoms with E-state index in [1.807, 2.05) is 24.0 Å². The molecule has 4 heteroatoms. The molecule has 0 spiro atoms. The molecule has 2 aromatic rings. The molecular weight excluding hydrogens is 256 g/mol. The zero-order valence-corrected chi connectivity index (χ0v) is 12.1. The van der Waals surface area contributed by atoms with Gasteiger partial charge in [-0.1, -0.05) is 18.2 Å². The molecule has 1 heterocycles. The Balaban J connectivity index is 2.07. The molecular formula is C15H18N2OS. The van der Waals surface area contributed by atoms with Crippen LogP contribution in [0, 0.1) is 6.92 Å².